The number of esters is 4. The highest BCUT2D eigenvalue weighted by Crippen LogP contribution is 2.14. The van der Waals surface area contributed by atoms with E-state index in [0.29, 0.717) is 74.3 Å². The van der Waals surface area contributed by atoms with Gasteiger partial charge in [-0.25, -0.2) is 0 Å². The second-order valence-electron chi connectivity index (χ2n) is 14.7. The maximum atomic E-state index is 11.7. The molecule has 0 aliphatic carbocycles. The number of thioether (sulfide) groups is 2. The molecule has 0 aromatic heterocycles. The van der Waals surface area contributed by atoms with Gasteiger partial charge in [-0.2, -0.15) is 23.5 Å². The molecule has 0 unspecified atom stereocenters. The minimum atomic E-state index is -0.246. The lowest BCUT2D eigenvalue weighted by molar-refractivity contribution is -0.145. The van der Waals surface area contributed by atoms with Gasteiger partial charge in [0.1, 0.15) is 12.4 Å². The van der Waals surface area contributed by atoms with Crippen molar-refractivity contribution in [3.63, 3.8) is 0 Å². The van der Waals surface area contributed by atoms with Gasteiger partial charge in [-0.05, 0) is 36.5 Å². The van der Waals surface area contributed by atoms with Gasteiger partial charge >= 0.3 is 23.9 Å². The van der Waals surface area contributed by atoms with Gasteiger partial charge in [0.05, 0.1) is 38.9 Å². The summed E-state index contributed by atoms with van der Waals surface area (Å²) < 4.78 is 21.0. The quantitative estimate of drug-likeness (QED) is 0.0293. The maximum absolute atomic E-state index is 11.7. The molecule has 0 aliphatic rings. The highest BCUT2D eigenvalue weighted by Gasteiger charge is 2.08. The Morgan fingerprint density at radius 2 is 0.895 bits per heavy atom. The zero-order valence-electron chi connectivity index (χ0n) is 35.5. The fourth-order valence-corrected chi connectivity index (χ4v) is 7.25. The van der Waals surface area contributed by atoms with Crippen molar-refractivity contribution in [1.82, 2.24) is 0 Å². The van der Waals surface area contributed by atoms with E-state index in [2.05, 4.69) is 20.8 Å². The summed E-state index contributed by atoms with van der Waals surface area (Å²) in [6.07, 6.45) is 21.4. The molecule has 0 heterocycles. The third-order valence-corrected chi connectivity index (χ3v) is 10.9. The van der Waals surface area contributed by atoms with Crippen molar-refractivity contribution in [3.05, 3.63) is 66.2 Å². The minimum absolute atomic E-state index is 0.134. The monoisotopic (exact) mass is 830 g/mol. The average Bonchev–Trinajstić information content (AvgIpc) is 3.20. The number of hydrogen-bond acceptors (Lipinski definition) is 10. The summed E-state index contributed by atoms with van der Waals surface area (Å²) in [6.45, 7) is 8.14. The van der Waals surface area contributed by atoms with Crippen LogP contribution in [0.5, 0.6) is 5.75 Å². The minimum Gasteiger partial charge on any atom is -0.466 e. The first kappa shape index (κ1) is 52.0. The Morgan fingerprint density at radius 3 is 1.37 bits per heavy atom. The maximum Gasteiger partial charge on any atom is 0.312 e. The van der Waals surface area contributed by atoms with Crippen LogP contribution >= 0.6 is 23.5 Å². The molecule has 0 saturated carbocycles. The second-order valence-corrected chi connectivity index (χ2v) is 17.2. The van der Waals surface area contributed by atoms with Crippen LogP contribution in [-0.4, -0.2) is 60.1 Å². The van der Waals surface area contributed by atoms with Crippen LogP contribution < -0.4 is 4.74 Å². The third-order valence-electron chi connectivity index (χ3n) is 8.97. The summed E-state index contributed by atoms with van der Waals surface area (Å²) in [5, 5.41) is 0. The molecule has 322 valence electrons. The van der Waals surface area contributed by atoms with Crippen LogP contribution in [0.25, 0.3) is 0 Å². The van der Waals surface area contributed by atoms with Gasteiger partial charge in [0.25, 0.3) is 0 Å². The van der Waals surface area contributed by atoms with Crippen molar-refractivity contribution in [2.45, 2.75) is 156 Å². The molecule has 10 heteroatoms. The summed E-state index contributed by atoms with van der Waals surface area (Å²) in [4.78, 5) is 46.8. The highest BCUT2D eigenvalue weighted by atomic mass is 32.2. The number of hydrogen-bond donors (Lipinski definition) is 0. The Labute approximate surface area is 354 Å². The summed E-state index contributed by atoms with van der Waals surface area (Å²) in [5.41, 5.74) is 0.989. The Hall–Kier alpha value is -2.98. The molecule has 0 aliphatic heterocycles. The molecule has 0 N–H and O–H groups in total. The lowest BCUT2D eigenvalue weighted by Gasteiger charge is -2.06. The van der Waals surface area contributed by atoms with E-state index >= 15 is 0 Å². The van der Waals surface area contributed by atoms with E-state index in [9.17, 15) is 19.2 Å². The standard InChI is InChI=1S/C25H40O4S.C22H34O4S/c1-2-3-4-5-6-7-8-9-10-14-19-28-24(26)17-20-30-21-18-25(27)29-22-23-15-12-11-13-16-23;1-19(2)11-7-4-3-5-10-16-25-21(23)14-17-27-18-15-22(24)26-20-12-8-6-9-13-20/h11-13,15-16H,2-10,14,17-22H2,1H3;6,8-9,12-13,19H,3-5,7,10-11,14-18H2,1-2H3. The molecule has 2 rings (SSSR count). The average molecular weight is 831 g/mol. The molecular weight excluding hydrogens is 757 g/mol. The molecule has 0 saturated heterocycles. The highest BCUT2D eigenvalue weighted by molar-refractivity contribution is 7.99. The van der Waals surface area contributed by atoms with Gasteiger partial charge in [-0.3, -0.25) is 19.2 Å². The Kier molecular flexibility index (Phi) is 35.2. The third kappa shape index (κ3) is 35.9. The predicted molar refractivity (Wildman–Crippen MR) is 238 cm³/mol. The first-order chi connectivity index (χ1) is 27.8. The van der Waals surface area contributed by atoms with Crippen molar-refractivity contribution in [3.8, 4) is 5.75 Å². The topological polar surface area (TPSA) is 105 Å². The number of rotatable bonds is 34. The van der Waals surface area contributed by atoms with Crippen molar-refractivity contribution >= 4 is 47.4 Å². The van der Waals surface area contributed by atoms with Crippen LogP contribution in [0.15, 0.2) is 60.7 Å². The molecule has 2 aromatic carbocycles. The molecule has 0 radical (unpaired) electrons. The fraction of sp³-hybridized carbons (Fsp3) is 0.660. The number of carbonyl (C=O) groups excluding carboxylic acids is 4. The van der Waals surface area contributed by atoms with Gasteiger partial charge < -0.3 is 18.9 Å². The lowest BCUT2D eigenvalue weighted by atomic mass is 10.0. The zero-order chi connectivity index (χ0) is 41.4. The van der Waals surface area contributed by atoms with E-state index in [4.69, 9.17) is 18.9 Å². The molecule has 0 amide bonds. The van der Waals surface area contributed by atoms with E-state index in [0.717, 1.165) is 37.2 Å². The van der Waals surface area contributed by atoms with Crippen LogP contribution in [0.4, 0.5) is 0 Å². The smallest absolute Gasteiger partial charge is 0.312 e. The van der Waals surface area contributed by atoms with E-state index < -0.39 is 0 Å². The Morgan fingerprint density at radius 1 is 0.491 bits per heavy atom. The molecule has 0 spiro atoms. The van der Waals surface area contributed by atoms with Crippen LogP contribution in [0.3, 0.4) is 0 Å². The van der Waals surface area contributed by atoms with Gasteiger partial charge in [-0.1, -0.05) is 159 Å². The van der Waals surface area contributed by atoms with E-state index in [-0.39, 0.29) is 23.9 Å². The largest absolute Gasteiger partial charge is 0.466 e. The van der Waals surface area contributed by atoms with Gasteiger partial charge in [0, 0.05) is 23.0 Å². The summed E-state index contributed by atoms with van der Waals surface area (Å²) in [5.74, 6) is 3.30. The number of ether oxygens (including phenoxy) is 4. The summed E-state index contributed by atoms with van der Waals surface area (Å²) in [6, 6.07) is 18.7. The van der Waals surface area contributed by atoms with Crippen molar-refractivity contribution < 1.29 is 38.1 Å². The Bertz CT molecular complexity index is 1260. The first-order valence-corrected chi connectivity index (χ1v) is 24.0. The Balaban J connectivity index is 0.000000573. The van der Waals surface area contributed by atoms with Crippen LogP contribution in [-0.2, 0) is 40.0 Å². The van der Waals surface area contributed by atoms with E-state index in [1.165, 1.54) is 77.0 Å². The van der Waals surface area contributed by atoms with Crippen LogP contribution in [0.1, 0.15) is 155 Å². The van der Waals surface area contributed by atoms with Crippen molar-refractivity contribution in [2.75, 3.05) is 36.2 Å². The molecule has 2 aromatic rings. The van der Waals surface area contributed by atoms with Crippen molar-refractivity contribution in [2.24, 2.45) is 5.92 Å². The van der Waals surface area contributed by atoms with Gasteiger partial charge in [-0.15, -0.1) is 0 Å². The zero-order valence-corrected chi connectivity index (χ0v) is 37.2. The number of benzene rings is 2. The van der Waals surface area contributed by atoms with Crippen LogP contribution in [0.2, 0.25) is 0 Å². The van der Waals surface area contributed by atoms with E-state index in [1.807, 2.05) is 48.5 Å². The summed E-state index contributed by atoms with van der Waals surface area (Å²) >= 11 is 3.16. The molecule has 0 fully saturated rings. The van der Waals surface area contributed by atoms with Gasteiger partial charge in [0.15, 0.2) is 0 Å². The molecule has 8 nitrogen and oxygen atoms in total. The fourth-order valence-electron chi connectivity index (χ4n) is 5.60. The van der Waals surface area contributed by atoms with Crippen LogP contribution in [0, 0.1) is 5.92 Å². The summed E-state index contributed by atoms with van der Waals surface area (Å²) in [7, 11) is 0. The SMILES string of the molecule is CC(C)CCCCCCCOC(=O)CCSCCC(=O)Oc1ccccc1.CCCCCCCCCCCCOC(=O)CCSCCC(=O)OCc1ccccc1. The molecular formula is C47H74O8S2. The van der Waals surface area contributed by atoms with Crippen molar-refractivity contribution in [1.29, 1.82) is 0 Å². The lowest BCUT2D eigenvalue weighted by Crippen LogP contribution is -2.10. The normalized spacial score (nSPS) is 10.7. The number of para-hydroxylation sites is 1. The first-order valence-electron chi connectivity index (χ1n) is 21.7. The van der Waals surface area contributed by atoms with E-state index in [1.54, 1.807) is 35.7 Å². The number of unbranched alkanes of at least 4 members (excludes halogenated alkanes) is 13. The second kappa shape index (κ2) is 38.5. The number of carbonyl (C=O) groups is 4. The molecule has 0 bridgehead atoms. The molecule has 57 heavy (non-hydrogen) atoms. The van der Waals surface area contributed by atoms with Gasteiger partial charge in [0.2, 0.25) is 0 Å². The predicted octanol–water partition coefficient (Wildman–Crippen LogP) is 12.4. The molecule has 0 atom stereocenters.